The van der Waals surface area contributed by atoms with E-state index >= 15 is 0 Å². The van der Waals surface area contributed by atoms with Crippen LogP contribution in [0.15, 0.2) is 35.2 Å². The summed E-state index contributed by atoms with van der Waals surface area (Å²) in [5.41, 5.74) is 0. The zero-order valence-corrected chi connectivity index (χ0v) is 10.7. The van der Waals surface area contributed by atoms with Gasteiger partial charge >= 0.3 is 0 Å². The number of benzene rings is 1. The first-order valence-electron chi connectivity index (χ1n) is 4.71. The molecule has 2 nitrogen and oxygen atoms in total. The molecule has 1 rings (SSSR count). The van der Waals surface area contributed by atoms with Gasteiger partial charge in [0.25, 0.3) is 0 Å². The van der Waals surface area contributed by atoms with E-state index in [0.717, 1.165) is 18.6 Å². The first kappa shape index (κ1) is 13.1. The van der Waals surface area contributed by atoms with E-state index in [2.05, 4.69) is 12.1 Å². The third-order valence-electron chi connectivity index (χ3n) is 1.69. The quantitative estimate of drug-likeness (QED) is 0.464. The van der Waals surface area contributed by atoms with Crippen LogP contribution in [0.4, 0.5) is 0 Å². The highest BCUT2D eigenvalue weighted by molar-refractivity contribution is 8.76. The molecule has 1 aromatic rings. The molecule has 0 aliphatic rings. The maximum atomic E-state index is 10.4. The van der Waals surface area contributed by atoms with Crippen LogP contribution in [0.3, 0.4) is 0 Å². The summed E-state index contributed by atoms with van der Waals surface area (Å²) >= 11 is -1.62. The Morgan fingerprint density at radius 1 is 1.20 bits per heavy atom. The van der Waals surface area contributed by atoms with E-state index in [1.807, 2.05) is 18.2 Å². The van der Waals surface area contributed by atoms with Crippen LogP contribution in [0.2, 0.25) is 0 Å². The maximum Gasteiger partial charge on any atom is 0.152 e. The summed E-state index contributed by atoms with van der Waals surface area (Å²) in [7, 11) is 3.55. The minimum Gasteiger partial charge on any atom is -0.306 e. The van der Waals surface area contributed by atoms with Crippen molar-refractivity contribution >= 4 is 32.7 Å². The molecule has 0 heterocycles. The smallest absolute Gasteiger partial charge is 0.152 e. The van der Waals surface area contributed by atoms with Gasteiger partial charge in [-0.05, 0) is 25.0 Å². The topological polar surface area (TPSA) is 37.3 Å². The van der Waals surface area contributed by atoms with Crippen molar-refractivity contribution in [2.45, 2.75) is 17.7 Å². The Bertz CT molecular complexity index is 290. The molecular formula is C10H14O2S3. The zero-order valence-electron chi connectivity index (χ0n) is 8.30. The lowest BCUT2D eigenvalue weighted by atomic mass is 10.4. The molecule has 0 amide bonds. The fraction of sp³-hybridized carbons (Fsp3) is 0.400. The van der Waals surface area contributed by atoms with Crippen molar-refractivity contribution < 1.29 is 8.76 Å². The molecule has 0 bridgehead atoms. The molecule has 0 aliphatic carbocycles. The van der Waals surface area contributed by atoms with Crippen molar-refractivity contribution in [1.29, 1.82) is 0 Å². The molecule has 84 valence electrons. The predicted molar refractivity (Wildman–Crippen MR) is 69.6 cm³/mol. The van der Waals surface area contributed by atoms with Crippen molar-refractivity contribution in [2.75, 3.05) is 11.5 Å². The molecule has 0 spiro atoms. The van der Waals surface area contributed by atoms with Gasteiger partial charge in [-0.3, -0.25) is 0 Å². The summed E-state index contributed by atoms with van der Waals surface area (Å²) in [4.78, 5) is 1.26. The average molecular weight is 262 g/mol. The van der Waals surface area contributed by atoms with Crippen LogP contribution in [0.25, 0.3) is 0 Å². The van der Waals surface area contributed by atoms with E-state index in [9.17, 15) is 4.21 Å². The van der Waals surface area contributed by atoms with E-state index in [-0.39, 0.29) is 0 Å². The SMILES string of the molecule is O=S(O)CCCCSSc1ccccc1. The Hall–Kier alpha value is 0.0300. The lowest BCUT2D eigenvalue weighted by Gasteiger charge is -2.00. The van der Waals surface area contributed by atoms with Crippen LogP contribution in [0.1, 0.15) is 12.8 Å². The monoisotopic (exact) mass is 262 g/mol. The van der Waals surface area contributed by atoms with Crippen LogP contribution in [-0.4, -0.2) is 20.3 Å². The van der Waals surface area contributed by atoms with Crippen LogP contribution in [-0.2, 0) is 11.1 Å². The van der Waals surface area contributed by atoms with Gasteiger partial charge < -0.3 is 4.55 Å². The van der Waals surface area contributed by atoms with Crippen molar-refractivity contribution in [2.24, 2.45) is 0 Å². The fourth-order valence-electron chi connectivity index (χ4n) is 0.972. The van der Waals surface area contributed by atoms with Crippen LogP contribution >= 0.6 is 21.6 Å². The Balaban J connectivity index is 2.00. The minimum atomic E-state index is -1.62. The maximum absolute atomic E-state index is 10.4. The highest BCUT2D eigenvalue weighted by Gasteiger charge is 1.96. The molecule has 0 aliphatic heterocycles. The number of hydrogen-bond acceptors (Lipinski definition) is 3. The van der Waals surface area contributed by atoms with E-state index < -0.39 is 11.1 Å². The summed E-state index contributed by atoms with van der Waals surface area (Å²) in [6.45, 7) is 0. The second kappa shape index (κ2) is 8.21. The number of rotatable bonds is 7. The van der Waals surface area contributed by atoms with Gasteiger partial charge in [0.05, 0.1) is 0 Å². The number of hydrogen-bond donors (Lipinski definition) is 1. The summed E-state index contributed by atoms with van der Waals surface area (Å²) in [5.74, 6) is 1.42. The molecule has 15 heavy (non-hydrogen) atoms. The lowest BCUT2D eigenvalue weighted by molar-refractivity contribution is 0.561. The second-order valence-electron chi connectivity index (χ2n) is 2.95. The third-order valence-corrected chi connectivity index (χ3v) is 4.80. The van der Waals surface area contributed by atoms with E-state index in [0.29, 0.717) is 5.75 Å². The summed E-state index contributed by atoms with van der Waals surface area (Å²) in [5, 5.41) is 0. The van der Waals surface area contributed by atoms with Crippen LogP contribution in [0, 0.1) is 0 Å². The molecule has 0 saturated heterocycles. The number of unbranched alkanes of at least 4 members (excludes halogenated alkanes) is 1. The molecule has 1 aromatic carbocycles. The van der Waals surface area contributed by atoms with Gasteiger partial charge in [0, 0.05) is 16.4 Å². The summed E-state index contributed by atoms with van der Waals surface area (Å²) in [6.07, 6.45) is 1.82. The van der Waals surface area contributed by atoms with Crippen molar-refractivity contribution in [3.63, 3.8) is 0 Å². The molecule has 0 aromatic heterocycles. The van der Waals surface area contributed by atoms with Crippen molar-refractivity contribution in [1.82, 2.24) is 0 Å². The first-order chi connectivity index (χ1) is 7.29. The van der Waals surface area contributed by atoms with Gasteiger partial charge in [-0.15, -0.1) is 0 Å². The Morgan fingerprint density at radius 2 is 1.93 bits per heavy atom. The molecule has 1 unspecified atom stereocenters. The van der Waals surface area contributed by atoms with Crippen LogP contribution < -0.4 is 0 Å². The lowest BCUT2D eigenvalue weighted by Crippen LogP contribution is -1.94. The first-order valence-corrected chi connectivity index (χ1v) is 8.30. The van der Waals surface area contributed by atoms with Crippen LogP contribution in [0.5, 0.6) is 0 Å². The van der Waals surface area contributed by atoms with Gasteiger partial charge in [-0.1, -0.05) is 39.8 Å². The Kier molecular flexibility index (Phi) is 7.17. The van der Waals surface area contributed by atoms with Gasteiger partial charge in [-0.2, -0.15) is 0 Å². The molecular weight excluding hydrogens is 248 g/mol. The second-order valence-corrected chi connectivity index (χ2v) is 6.49. The summed E-state index contributed by atoms with van der Waals surface area (Å²) < 4.78 is 18.9. The standard InChI is InChI=1S/C10H14O2S3/c11-15(12)9-5-4-8-13-14-10-6-2-1-3-7-10/h1-3,6-7H,4-5,8-9H2,(H,11,12). The highest BCUT2D eigenvalue weighted by atomic mass is 33.1. The summed E-state index contributed by atoms with van der Waals surface area (Å²) in [6, 6.07) is 10.2. The van der Waals surface area contributed by atoms with Gasteiger partial charge in [-0.25, -0.2) is 4.21 Å². The molecule has 1 N–H and O–H groups in total. The van der Waals surface area contributed by atoms with E-state index in [1.54, 1.807) is 21.6 Å². The van der Waals surface area contributed by atoms with Crippen molar-refractivity contribution in [3.8, 4) is 0 Å². The minimum absolute atomic E-state index is 0.399. The largest absolute Gasteiger partial charge is 0.306 e. The van der Waals surface area contributed by atoms with Gasteiger partial charge in [0.2, 0.25) is 0 Å². The zero-order chi connectivity index (χ0) is 10.9. The highest BCUT2D eigenvalue weighted by Crippen LogP contribution is 2.31. The molecule has 0 saturated carbocycles. The van der Waals surface area contributed by atoms with Gasteiger partial charge in [0.15, 0.2) is 11.1 Å². The Morgan fingerprint density at radius 3 is 2.60 bits per heavy atom. The van der Waals surface area contributed by atoms with E-state index in [1.165, 1.54) is 4.90 Å². The third kappa shape index (κ3) is 7.00. The van der Waals surface area contributed by atoms with Gasteiger partial charge in [0.1, 0.15) is 0 Å². The average Bonchev–Trinajstić information content (AvgIpc) is 2.24. The van der Waals surface area contributed by atoms with Crippen molar-refractivity contribution in [3.05, 3.63) is 30.3 Å². The molecule has 1 atom stereocenters. The van der Waals surface area contributed by atoms with E-state index in [4.69, 9.17) is 4.55 Å². The Labute approximate surface area is 101 Å². The predicted octanol–water partition coefficient (Wildman–Crippen LogP) is 3.43. The molecule has 0 radical (unpaired) electrons. The molecule has 0 fully saturated rings. The molecule has 5 heteroatoms. The normalized spacial score (nSPS) is 12.6. The fourth-order valence-corrected chi connectivity index (χ4v) is 3.58.